The van der Waals surface area contributed by atoms with Crippen LogP contribution in [0.25, 0.3) is 0 Å². The van der Waals surface area contributed by atoms with Crippen LogP contribution in [0.5, 0.6) is 0 Å². The maximum atomic E-state index is 12.7. The molecule has 2 heterocycles. The lowest BCUT2D eigenvalue weighted by molar-refractivity contribution is 0.204. The van der Waals surface area contributed by atoms with Crippen molar-refractivity contribution < 1.29 is 8.42 Å². The second-order valence-corrected chi connectivity index (χ2v) is 7.69. The number of hydrogen-bond donors (Lipinski definition) is 1. The van der Waals surface area contributed by atoms with Gasteiger partial charge in [-0.3, -0.25) is 0 Å². The van der Waals surface area contributed by atoms with Crippen LogP contribution in [0.1, 0.15) is 38.0 Å². The Morgan fingerprint density at radius 2 is 2.00 bits per heavy atom. The summed E-state index contributed by atoms with van der Waals surface area (Å²) in [5.41, 5.74) is 5.62. The van der Waals surface area contributed by atoms with Gasteiger partial charge in [-0.05, 0) is 38.1 Å². The van der Waals surface area contributed by atoms with E-state index in [4.69, 9.17) is 5.73 Å². The van der Waals surface area contributed by atoms with E-state index < -0.39 is 10.0 Å². The first-order chi connectivity index (χ1) is 8.48. The summed E-state index contributed by atoms with van der Waals surface area (Å²) in [5.74, 6) is 0. The third-order valence-corrected chi connectivity index (χ3v) is 6.84. The summed E-state index contributed by atoms with van der Waals surface area (Å²) in [6, 6.07) is 1.82. The predicted molar refractivity (Wildman–Crippen MR) is 74.0 cm³/mol. The molecule has 2 rings (SSSR count). The number of nitrogens with zero attached hydrogens (tertiary/aromatic N) is 1. The average molecular weight is 288 g/mol. The van der Waals surface area contributed by atoms with Crippen molar-refractivity contribution in [2.45, 2.75) is 56.6 Å². The normalized spacial score (nSPS) is 26.4. The first-order valence-electron chi connectivity index (χ1n) is 6.28. The molecule has 0 aromatic carbocycles. The third-order valence-electron chi connectivity index (χ3n) is 3.56. The van der Waals surface area contributed by atoms with Crippen LogP contribution in [0, 0.1) is 0 Å². The Hall–Kier alpha value is -0.430. The highest BCUT2D eigenvalue weighted by Crippen LogP contribution is 2.32. The average Bonchev–Trinajstić information content (AvgIpc) is 2.77. The fourth-order valence-electron chi connectivity index (χ4n) is 2.69. The second-order valence-electron chi connectivity index (χ2n) is 4.88. The molecule has 0 bridgehead atoms. The highest BCUT2D eigenvalue weighted by atomic mass is 32.2. The van der Waals surface area contributed by atoms with Gasteiger partial charge in [0.25, 0.3) is 0 Å². The molecule has 0 unspecified atom stereocenters. The van der Waals surface area contributed by atoms with E-state index in [0.717, 1.165) is 24.1 Å². The highest BCUT2D eigenvalue weighted by molar-refractivity contribution is 7.89. The highest BCUT2D eigenvalue weighted by Gasteiger charge is 2.36. The van der Waals surface area contributed by atoms with Gasteiger partial charge in [-0.25, -0.2) is 8.42 Å². The molecule has 1 saturated heterocycles. The molecule has 1 fully saturated rings. The molecular formula is C12H20N2O2S2. The van der Waals surface area contributed by atoms with Crippen molar-refractivity contribution in [3.63, 3.8) is 0 Å². The standard InChI is InChI=1S/C12H20N2O2S2/c1-9-4-3-5-10(2)14(9)18(15,16)12-6-7-17-11(12)8-13/h6-7,9-10H,3-5,8,13H2,1-2H3/t9-,10+. The second kappa shape index (κ2) is 5.28. The van der Waals surface area contributed by atoms with Gasteiger partial charge < -0.3 is 5.73 Å². The molecule has 0 amide bonds. The Bertz CT molecular complexity index is 500. The topological polar surface area (TPSA) is 63.4 Å². The Morgan fingerprint density at radius 3 is 2.56 bits per heavy atom. The monoisotopic (exact) mass is 288 g/mol. The zero-order valence-electron chi connectivity index (χ0n) is 10.8. The van der Waals surface area contributed by atoms with E-state index in [9.17, 15) is 8.42 Å². The van der Waals surface area contributed by atoms with Gasteiger partial charge in [-0.1, -0.05) is 6.42 Å². The Kier molecular flexibility index (Phi) is 4.11. The lowest BCUT2D eigenvalue weighted by Crippen LogP contribution is -2.47. The van der Waals surface area contributed by atoms with Crippen molar-refractivity contribution in [3.8, 4) is 0 Å². The summed E-state index contributed by atoms with van der Waals surface area (Å²) in [5, 5.41) is 1.80. The number of rotatable bonds is 3. The summed E-state index contributed by atoms with van der Waals surface area (Å²) < 4.78 is 27.1. The van der Waals surface area contributed by atoms with Crippen LogP contribution in [0.4, 0.5) is 0 Å². The molecule has 1 aromatic heterocycles. The van der Waals surface area contributed by atoms with Crippen molar-refractivity contribution in [1.29, 1.82) is 0 Å². The first kappa shape index (κ1) is 14.0. The smallest absolute Gasteiger partial charge is 0.244 e. The van der Waals surface area contributed by atoms with E-state index in [1.54, 1.807) is 15.8 Å². The molecule has 0 radical (unpaired) electrons. The van der Waals surface area contributed by atoms with Gasteiger partial charge in [0.1, 0.15) is 0 Å². The van der Waals surface area contributed by atoms with Crippen molar-refractivity contribution in [2.75, 3.05) is 0 Å². The van der Waals surface area contributed by atoms with E-state index >= 15 is 0 Å². The Labute approximate surface area is 113 Å². The van der Waals surface area contributed by atoms with Crippen LogP contribution in [0.2, 0.25) is 0 Å². The molecule has 1 aliphatic heterocycles. The number of sulfonamides is 1. The summed E-state index contributed by atoms with van der Waals surface area (Å²) in [7, 11) is -3.40. The maximum absolute atomic E-state index is 12.7. The summed E-state index contributed by atoms with van der Waals surface area (Å²) in [6.45, 7) is 4.26. The van der Waals surface area contributed by atoms with Crippen LogP contribution < -0.4 is 5.73 Å². The summed E-state index contributed by atoms with van der Waals surface area (Å²) in [6.07, 6.45) is 2.97. The van der Waals surface area contributed by atoms with Gasteiger partial charge in [-0.2, -0.15) is 4.31 Å². The Balaban J connectivity index is 2.41. The molecule has 0 saturated carbocycles. The minimum atomic E-state index is -3.40. The lowest BCUT2D eigenvalue weighted by atomic mass is 10.0. The molecule has 0 aliphatic carbocycles. The van der Waals surface area contributed by atoms with E-state index in [2.05, 4.69) is 0 Å². The van der Waals surface area contributed by atoms with Crippen LogP contribution in [-0.2, 0) is 16.6 Å². The van der Waals surface area contributed by atoms with Gasteiger partial charge in [0.15, 0.2) is 0 Å². The molecule has 6 heteroatoms. The molecule has 2 N–H and O–H groups in total. The molecule has 4 nitrogen and oxygen atoms in total. The minimum Gasteiger partial charge on any atom is -0.326 e. The van der Waals surface area contributed by atoms with Gasteiger partial charge in [-0.15, -0.1) is 11.3 Å². The van der Waals surface area contributed by atoms with Gasteiger partial charge in [0.05, 0.1) is 4.90 Å². The summed E-state index contributed by atoms with van der Waals surface area (Å²) in [4.78, 5) is 1.15. The van der Waals surface area contributed by atoms with Crippen LogP contribution in [0.15, 0.2) is 16.3 Å². The molecular weight excluding hydrogens is 268 g/mol. The molecule has 1 aliphatic rings. The van der Waals surface area contributed by atoms with E-state index in [-0.39, 0.29) is 18.6 Å². The predicted octanol–water partition coefficient (Wildman–Crippen LogP) is 2.16. The summed E-state index contributed by atoms with van der Waals surface area (Å²) >= 11 is 1.41. The van der Waals surface area contributed by atoms with Crippen molar-refractivity contribution in [1.82, 2.24) is 4.31 Å². The lowest BCUT2D eigenvalue weighted by Gasteiger charge is -2.37. The van der Waals surface area contributed by atoms with Crippen LogP contribution in [-0.4, -0.2) is 24.8 Å². The molecule has 2 atom stereocenters. The molecule has 18 heavy (non-hydrogen) atoms. The van der Waals surface area contributed by atoms with Gasteiger partial charge >= 0.3 is 0 Å². The number of hydrogen-bond acceptors (Lipinski definition) is 4. The largest absolute Gasteiger partial charge is 0.326 e. The van der Waals surface area contributed by atoms with E-state index in [1.807, 2.05) is 13.8 Å². The molecule has 102 valence electrons. The fourth-order valence-corrected chi connectivity index (χ4v) is 5.88. The molecule has 0 spiro atoms. The zero-order chi connectivity index (χ0) is 13.3. The SMILES string of the molecule is C[C@@H]1CCC[C@H](C)N1S(=O)(=O)c1ccsc1CN. The number of piperidine rings is 1. The van der Waals surface area contributed by atoms with Gasteiger partial charge in [0.2, 0.25) is 10.0 Å². The Morgan fingerprint density at radius 1 is 1.39 bits per heavy atom. The van der Waals surface area contributed by atoms with Crippen LogP contribution >= 0.6 is 11.3 Å². The third kappa shape index (κ3) is 2.34. The quantitative estimate of drug-likeness (QED) is 0.927. The minimum absolute atomic E-state index is 0.0734. The zero-order valence-corrected chi connectivity index (χ0v) is 12.4. The van der Waals surface area contributed by atoms with Crippen molar-refractivity contribution >= 4 is 21.4 Å². The fraction of sp³-hybridized carbons (Fsp3) is 0.667. The first-order valence-corrected chi connectivity index (χ1v) is 8.60. The number of thiophene rings is 1. The maximum Gasteiger partial charge on any atom is 0.244 e. The number of nitrogens with two attached hydrogens (primary N) is 1. The van der Waals surface area contributed by atoms with Crippen molar-refractivity contribution in [2.24, 2.45) is 5.73 Å². The van der Waals surface area contributed by atoms with E-state index in [1.165, 1.54) is 11.3 Å². The van der Waals surface area contributed by atoms with Crippen LogP contribution in [0.3, 0.4) is 0 Å². The molecule has 1 aromatic rings. The van der Waals surface area contributed by atoms with Gasteiger partial charge in [0, 0.05) is 23.5 Å². The van der Waals surface area contributed by atoms with E-state index in [0.29, 0.717) is 4.90 Å². The van der Waals surface area contributed by atoms with Crippen molar-refractivity contribution in [3.05, 3.63) is 16.3 Å².